The first kappa shape index (κ1) is 29.4. The van der Waals surface area contributed by atoms with Gasteiger partial charge in [0.15, 0.2) is 11.2 Å². The van der Waals surface area contributed by atoms with Gasteiger partial charge in [-0.3, -0.25) is 19.2 Å². The lowest BCUT2D eigenvalue weighted by Crippen LogP contribution is -2.49. The van der Waals surface area contributed by atoms with E-state index in [1.54, 1.807) is 0 Å². The molecule has 0 spiro atoms. The van der Waals surface area contributed by atoms with Gasteiger partial charge in [0.2, 0.25) is 5.91 Å². The molecule has 1 rings (SSSR count). The van der Waals surface area contributed by atoms with Crippen molar-refractivity contribution < 1.29 is 47.5 Å². The Hall–Kier alpha value is -2.67. The lowest BCUT2D eigenvalue weighted by atomic mass is 9.86. The fraction of sp³-hybridized carbons (Fsp3) is 0.714. The first-order valence-electron chi connectivity index (χ1n) is 10.7. The zero-order valence-electron chi connectivity index (χ0n) is 20.3. The summed E-state index contributed by atoms with van der Waals surface area (Å²) in [5, 5.41) is 4.64. The SMILES string of the molecule is CC(C)(COC(=O)C(=O)OCC[N+](C)(C)C)[C@H]1OC(=O)CC(=O)SCCNC(=O)CCNC1=O. The predicted octanol–water partition coefficient (Wildman–Crippen LogP) is -0.997. The molecule has 1 saturated heterocycles. The Bertz CT molecular complexity index is 793. The van der Waals surface area contributed by atoms with Crippen LogP contribution < -0.4 is 10.6 Å². The van der Waals surface area contributed by atoms with Crippen LogP contribution >= 0.6 is 11.8 Å². The molecule has 13 heteroatoms. The van der Waals surface area contributed by atoms with Crippen molar-refractivity contribution in [3.05, 3.63) is 0 Å². The van der Waals surface area contributed by atoms with Gasteiger partial charge in [-0.25, -0.2) is 9.59 Å². The highest BCUT2D eigenvalue weighted by Crippen LogP contribution is 2.25. The van der Waals surface area contributed by atoms with Crippen LogP contribution in [0, 0.1) is 5.41 Å². The minimum absolute atomic E-state index is 0.0143. The topological polar surface area (TPSA) is 154 Å². The Morgan fingerprint density at radius 1 is 1.06 bits per heavy atom. The molecule has 0 aliphatic carbocycles. The largest absolute Gasteiger partial charge is 0.457 e. The summed E-state index contributed by atoms with van der Waals surface area (Å²) in [6.45, 7) is 3.27. The molecule has 0 unspecified atom stereocenters. The van der Waals surface area contributed by atoms with Crippen LogP contribution in [0.15, 0.2) is 0 Å². The molecule has 0 radical (unpaired) electrons. The number of amides is 2. The minimum atomic E-state index is -1.45. The van der Waals surface area contributed by atoms with Gasteiger partial charge in [-0.1, -0.05) is 25.6 Å². The average molecular weight is 505 g/mol. The quantitative estimate of drug-likeness (QED) is 0.151. The summed E-state index contributed by atoms with van der Waals surface area (Å²) in [4.78, 5) is 72.7. The normalized spacial score (nSPS) is 19.3. The third kappa shape index (κ3) is 11.5. The number of likely N-dealkylation sites (N-methyl/N-ethyl adjacent to an activating group) is 1. The molecule has 0 saturated carbocycles. The summed E-state index contributed by atoms with van der Waals surface area (Å²) in [6.07, 6.45) is -2.04. The zero-order valence-corrected chi connectivity index (χ0v) is 21.1. The zero-order chi connectivity index (χ0) is 25.9. The maximum Gasteiger partial charge on any atom is 0.417 e. The van der Waals surface area contributed by atoms with Gasteiger partial charge in [-0.05, 0) is 0 Å². The summed E-state index contributed by atoms with van der Waals surface area (Å²) in [5.74, 6) is -4.09. The molecular weight excluding hydrogens is 470 g/mol. The molecule has 1 fully saturated rings. The average Bonchev–Trinajstić information content (AvgIpc) is 2.71. The van der Waals surface area contributed by atoms with E-state index in [1.165, 1.54) is 13.8 Å². The van der Waals surface area contributed by atoms with E-state index in [0.717, 1.165) is 11.8 Å². The summed E-state index contributed by atoms with van der Waals surface area (Å²) < 4.78 is 15.7. The highest BCUT2D eigenvalue weighted by molar-refractivity contribution is 8.13. The van der Waals surface area contributed by atoms with Gasteiger partial charge in [0.1, 0.15) is 26.2 Å². The molecule has 0 aromatic carbocycles. The van der Waals surface area contributed by atoms with Crippen LogP contribution in [0.25, 0.3) is 0 Å². The number of ether oxygens (including phenoxy) is 3. The number of thioether (sulfide) groups is 1. The van der Waals surface area contributed by atoms with Crippen molar-refractivity contribution in [1.82, 2.24) is 10.6 Å². The number of hydrogen-bond donors (Lipinski definition) is 2. The summed E-state index contributed by atoms with van der Waals surface area (Å²) in [6, 6.07) is 0. The first-order chi connectivity index (χ1) is 15.7. The van der Waals surface area contributed by atoms with Crippen molar-refractivity contribution in [3.8, 4) is 0 Å². The molecule has 34 heavy (non-hydrogen) atoms. The van der Waals surface area contributed by atoms with Crippen molar-refractivity contribution in [2.45, 2.75) is 32.8 Å². The summed E-state index contributed by atoms with van der Waals surface area (Å²) in [7, 11) is 5.68. The number of carbonyl (C=O) groups is 6. The molecule has 1 aliphatic rings. The van der Waals surface area contributed by atoms with Crippen molar-refractivity contribution in [2.75, 3.05) is 59.7 Å². The van der Waals surface area contributed by atoms with Gasteiger partial charge in [-0.15, -0.1) is 0 Å². The van der Waals surface area contributed by atoms with E-state index in [2.05, 4.69) is 10.6 Å². The Kier molecular flexibility index (Phi) is 11.5. The fourth-order valence-electron chi connectivity index (χ4n) is 2.60. The number of cyclic esters (lactones) is 1. The highest BCUT2D eigenvalue weighted by Gasteiger charge is 2.40. The monoisotopic (exact) mass is 504 g/mol. The second kappa shape index (κ2) is 13.3. The Labute approximate surface area is 203 Å². The number of carbonyl (C=O) groups excluding carboxylic acids is 6. The van der Waals surface area contributed by atoms with Crippen LogP contribution in [0.5, 0.6) is 0 Å². The van der Waals surface area contributed by atoms with Crippen molar-refractivity contribution in [1.29, 1.82) is 0 Å². The predicted molar refractivity (Wildman–Crippen MR) is 121 cm³/mol. The molecule has 1 atom stereocenters. The van der Waals surface area contributed by atoms with E-state index >= 15 is 0 Å². The van der Waals surface area contributed by atoms with Gasteiger partial charge in [0, 0.05) is 30.7 Å². The second-order valence-corrected chi connectivity index (χ2v) is 10.5. The maximum atomic E-state index is 12.7. The van der Waals surface area contributed by atoms with Gasteiger partial charge >= 0.3 is 17.9 Å². The maximum absolute atomic E-state index is 12.7. The molecule has 0 aromatic heterocycles. The van der Waals surface area contributed by atoms with E-state index in [4.69, 9.17) is 14.2 Å². The van der Waals surface area contributed by atoms with Crippen LogP contribution in [0.4, 0.5) is 0 Å². The molecular formula is C21H34N3O9S+. The number of nitrogens with one attached hydrogen (secondary N) is 2. The molecule has 2 N–H and O–H groups in total. The number of esters is 3. The Balaban J connectivity index is 2.82. The Morgan fingerprint density at radius 3 is 2.35 bits per heavy atom. The molecule has 2 amide bonds. The van der Waals surface area contributed by atoms with Crippen molar-refractivity contribution >= 4 is 46.6 Å². The molecule has 0 aromatic rings. The lowest BCUT2D eigenvalue weighted by Gasteiger charge is -2.32. The van der Waals surface area contributed by atoms with Gasteiger partial charge in [0.25, 0.3) is 5.91 Å². The fourth-order valence-corrected chi connectivity index (χ4v) is 3.25. The van der Waals surface area contributed by atoms with E-state index in [0.29, 0.717) is 16.8 Å². The van der Waals surface area contributed by atoms with Crippen LogP contribution in [0.1, 0.15) is 26.7 Å². The van der Waals surface area contributed by atoms with Crippen molar-refractivity contribution in [2.24, 2.45) is 5.41 Å². The first-order valence-corrected chi connectivity index (χ1v) is 11.7. The minimum Gasteiger partial charge on any atom is -0.457 e. The van der Waals surface area contributed by atoms with Crippen LogP contribution in [-0.2, 0) is 43.0 Å². The standard InChI is InChI=1S/C21H33N3O9S/c1-21(2,13-32-20(30)19(29)31-10-9-24(3,4)5)17-18(28)23-7-6-14(25)22-8-11-34-16(27)12-15(26)33-17/h17H,6-13H2,1-5H3,(H-,22,23,25,28)/p+1/t17-/m0/s1. The van der Waals surface area contributed by atoms with Crippen LogP contribution in [0.2, 0.25) is 0 Å². The lowest BCUT2D eigenvalue weighted by molar-refractivity contribution is -0.870. The summed E-state index contributed by atoms with van der Waals surface area (Å²) >= 11 is 0.867. The number of quaternary nitrogens is 1. The third-order valence-corrected chi connectivity index (χ3v) is 5.44. The number of hydrogen-bond acceptors (Lipinski definition) is 10. The molecule has 1 aliphatic heterocycles. The van der Waals surface area contributed by atoms with E-state index in [9.17, 15) is 28.8 Å². The van der Waals surface area contributed by atoms with Crippen LogP contribution in [0.3, 0.4) is 0 Å². The van der Waals surface area contributed by atoms with E-state index in [-0.39, 0.29) is 32.0 Å². The highest BCUT2D eigenvalue weighted by atomic mass is 32.2. The van der Waals surface area contributed by atoms with Crippen LogP contribution in [-0.4, -0.2) is 105 Å². The second-order valence-electron chi connectivity index (χ2n) is 9.37. The smallest absolute Gasteiger partial charge is 0.417 e. The summed E-state index contributed by atoms with van der Waals surface area (Å²) in [5.41, 5.74) is -1.27. The van der Waals surface area contributed by atoms with Gasteiger partial charge in [0.05, 0.1) is 21.1 Å². The van der Waals surface area contributed by atoms with E-state index < -0.39 is 53.5 Å². The number of nitrogens with zero attached hydrogens (tertiary/aromatic N) is 1. The van der Waals surface area contributed by atoms with E-state index in [1.807, 2.05) is 21.1 Å². The molecule has 0 bridgehead atoms. The van der Waals surface area contributed by atoms with Gasteiger partial charge < -0.3 is 29.3 Å². The van der Waals surface area contributed by atoms with Crippen molar-refractivity contribution in [3.63, 3.8) is 0 Å². The molecule has 1 heterocycles. The molecule has 12 nitrogen and oxygen atoms in total. The Morgan fingerprint density at radius 2 is 1.71 bits per heavy atom. The molecule has 192 valence electrons. The third-order valence-electron chi connectivity index (χ3n) is 4.56. The number of rotatable bonds is 6. The van der Waals surface area contributed by atoms with Gasteiger partial charge in [-0.2, -0.15) is 0 Å².